The highest BCUT2D eigenvalue weighted by Crippen LogP contribution is 2.32. The van der Waals surface area contributed by atoms with Crippen LogP contribution in [0.2, 0.25) is 0 Å². The van der Waals surface area contributed by atoms with E-state index in [-0.39, 0.29) is 12.0 Å². The second-order valence-electron chi connectivity index (χ2n) is 4.58. The average molecular weight is 233 g/mol. The van der Waals surface area contributed by atoms with Crippen LogP contribution in [0.3, 0.4) is 0 Å². The van der Waals surface area contributed by atoms with Crippen molar-refractivity contribution in [3.63, 3.8) is 0 Å². The molecule has 0 aromatic heterocycles. The Morgan fingerprint density at radius 1 is 1.47 bits per heavy atom. The fourth-order valence-corrected chi connectivity index (χ4v) is 1.94. The summed E-state index contributed by atoms with van der Waals surface area (Å²) in [6.07, 6.45) is 1.14. The number of benzene rings is 1. The van der Waals surface area contributed by atoms with Gasteiger partial charge in [0.15, 0.2) is 0 Å². The van der Waals surface area contributed by atoms with Crippen molar-refractivity contribution in [2.45, 2.75) is 32.4 Å². The third-order valence-electron chi connectivity index (χ3n) is 3.15. The summed E-state index contributed by atoms with van der Waals surface area (Å²) < 4.78 is 5.12. The van der Waals surface area contributed by atoms with Gasteiger partial charge in [-0.3, -0.25) is 5.32 Å². The van der Waals surface area contributed by atoms with Crippen LogP contribution in [0, 0.1) is 5.92 Å². The average Bonchev–Trinajstić information content (AvgIpc) is 3.03. The minimum atomic E-state index is -0.328. The van der Waals surface area contributed by atoms with Crippen LogP contribution in [0.5, 0.6) is 0 Å². The molecule has 0 aliphatic heterocycles. The maximum atomic E-state index is 11.9. The molecule has 1 aliphatic rings. The van der Waals surface area contributed by atoms with Crippen LogP contribution in [0.4, 0.5) is 0 Å². The maximum absolute atomic E-state index is 11.9. The van der Waals surface area contributed by atoms with E-state index in [4.69, 9.17) is 4.74 Å². The molecule has 0 amide bonds. The molecule has 3 heteroatoms. The molecular formula is C14H19NO2. The molecule has 1 aromatic rings. The molecule has 3 nitrogen and oxygen atoms in total. The molecular weight excluding hydrogens is 214 g/mol. The molecule has 0 spiro atoms. The van der Waals surface area contributed by atoms with E-state index in [1.165, 1.54) is 0 Å². The Morgan fingerprint density at radius 2 is 2.12 bits per heavy atom. The summed E-state index contributed by atoms with van der Waals surface area (Å²) in [4.78, 5) is 11.9. The molecule has 1 aliphatic carbocycles. The zero-order valence-corrected chi connectivity index (χ0v) is 10.3. The first kappa shape index (κ1) is 12.1. The minimum absolute atomic E-state index is 0.183. The number of hydrogen-bond donors (Lipinski definition) is 1. The van der Waals surface area contributed by atoms with Crippen molar-refractivity contribution in [1.82, 2.24) is 5.32 Å². The Hall–Kier alpha value is -1.35. The highest BCUT2D eigenvalue weighted by Gasteiger charge is 2.36. The fraction of sp³-hybridized carbons (Fsp3) is 0.500. The number of nitrogens with one attached hydrogen (secondary N) is 1. The fourth-order valence-electron chi connectivity index (χ4n) is 1.94. The van der Waals surface area contributed by atoms with E-state index in [1.54, 1.807) is 0 Å². The number of esters is 1. The molecule has 1 fully saturated rings. The van der Waals surface area contributed by atoms with Crippen molar-refractivity contribution in [1.29, 1.82) is 0 Å². The SMILES string of the molecule is CCOC(=O)C(NC1CC1C)c1ccccc1. The lowest BCUT2D eigenvalue weighted by Gasteiger charge is -2.17. The highest BCUT2D eigenvalue weighted by atomic mass is 16.5. The van der Waals surface area contributed by atoms with Crippen LogP contribution >= 0.6 is 0 Å². The predicted octanol–water partition coefficient (Wildman–Crippen LogP) is 2.29. The Kier molecular flexibility index (Phi) is 3.79. The summed E-state index contributed by atoms with van der Waals surface area (Å²) in [5.41, 5.74) is 0.977. The molecule has 92 valence electrons. The van der Waals surface area contributed by atoms with Gasteiger partial charge in [0.25, 0.3) is 0 Å². The molecule has 0 heterocycles. The summed E-state index contributed by atoms with van der Waals surface area (Å²) in [6.45, 7) is 4.44. The van der Waals surface area contributed by atoms with E-state index < -0.39 is 0 Å². The highest BCUT2D eigenvalue weighted by molar-refractivity contribution is 5.77. The molecule has 3 atom stereocenters. The number of rotatable bonds is 5. The smallest absolute Gasteiger partial charge is 0.327 e. The van der Waals surface area contributed by atoms with Crippen LogP contribution < -0.4 is 5.32 Å². The van der Waals surface area contributed by atoms with Gasteiger partial charge in [0, 0.05) is 6.04 Å². The van der Waals surface area contributed by atoms with Gasteiger partial charge in [-0.15, -0.1) is 0 Å². The maximum Gasteiger partial charge on any atom is 0.327 e. The Labute approximate surface area is 102 Å². The predicted molar refractivity (Wildman–Crippen MR) is 66.5 cm³/mol. The number of hydrogen-bond acceptors (Lipinski definition) is 3. The zero-order valence-electron chi connectivity index (χ0n) is 10.3. The molecule has 0 bridgehead atoms. The van der Waals surface area contributed by atoms with Crippen LogP contribution in [-0.2, 0) is 9.53 Å². The summed E-state index contributed by atoms with van der Waals surface area (Å²) in [5, 5.41) is 3.37. The molecule has 2 rings (SSSR count). The van der Waals surface area contributed by atoms with Crippen LogP contribution in [0.25, 0.3) is 0 Å². The molecule has 0 radical (unpaired) electrons. The summed E-state index contributed by atoms with van der Waals surface area (Å²) in [6, 6.07) is 9.88. The van der Waals surface area contributed by atoms with Gasteiger partial charge in [-0.2, -0.15) is 0 Å². The normalized spacial score (nSPS) is 24.1. The van der Waals surface area contributed by atoms with Gasteiger partial charge >= 0.3 is 5.97 Å². The molecule has 1 N–H and O–H groups in total. The minimum Gasteiger partial charge on any atom is -0.465 e. The lowest BCUT2D eigenvalue weighted by molar-refractivity contribution is -0.145. The summed E-state index contributed by atoms with van der Waals surface area (Å²) >= 11 is 0. The van der Waals surface area contributed by atoms with Crippen molar-refractivity contribution >= 4 is 5.97 Å². The monoisotopic (exact) mass is 233 g/mol. The van der Waals surface area contributed by atoms with E-state index in [9.17, 15) is 4.79 Å². The van der Waals surface area contributed by atoms with Crippen molar-refractivity contribution in [3.05, 3.63) is 35.9 Å². The zero-order chi connectivity index (χ0) is 12.3. The van der Waals surface area contributed by atoms with Gasteiger partial charge < -0.3 is 4.74 Å². The van der Waals surface area contributed by atoms with Crippen LogP contribution in [0.15, 0.2) is 30.3 Å². The number of carbonyl (C=O) groups excluding carboxylic acids is 1. The van der Waals surface area contributed by atoms with Gasteiger partial charge in [-0.1, -0.05) is 37.3 Å². The van der Waals surface area contributed by atoms with Gasteiger partial charge in [0.05, 0.1) is 6.61 Å². The Morgan fingerprint density at radius 3 is 2.65 bits per heavy atom. The van der Waals surface area contributed by atoms with Gasteiger partial charge in [0.1, 0.15) is 6.04 Å². The molecule has 17 heavy (non-hydrogen) atoms. The second kappa shape index (κ2) is 5.32. The number of carbonyl (C=O) groups is 1. The molecule has 0 saturated heterocycles. The lowest BCUT2D eigenvalue weighted by atomic mass is 10.1. The first-order valence-electron chi connectivity index (χ1n) is 6.20. The lowest BCUT2D eigenvalue weighted by Crippen LogP contribution is -2.32. The Bertz CT molecular complexity index is 377. The quantitative estimate of drug-likeness (QED) is 0.793. The van der Waals surface area contributed by atoms with Gasteiger partial charge in [0.2, 0.25) is 0 Å². The Balaban J connectivity index is 2.09. The van der Waals surface area contributed by atoms with Gasteiger partial charge in [-0.25, -0.2) is 4.79 Å². The molecule has 1 saturated carbocycles. The number of ether oxygens (including phenoxy) is 1. The largest absolute Gasteiger partial charge is 0.465 e. The topological polar surface area (TPSA) is 38.3 Å². The van der Waals surface area contributed by atoms with Crippen molar-refractivity contribution in [3.8, 4) is 0 Å². The summed E-state index contributed by atoms with van der Waals surface area (Å²) in [5.74, 6) is 0.480. The first-order chi connectivity index (χ1) is 8.22. The summed E-state index contributed by atoms with van der Waals surface area (Å²) in [7, 11) is 0. The van der Waals surface area contributed by atoms with Crippen LogP contribution in [0.1, 0.15) is 31.9 Å². The van der Waals surface area contributed by atoms with E-state index in [0.29, 0.717) is 18.6 Å². The van der Waals surface area contributed by atoms with E-state index in [2.05, 4.69) is 12.2 Å². The van der Waals surface area contributed by atoms with Gasteiger partial charge in [-0.05, 0) is 24.8 Å². The van der Waals surface area contributed by atoms with Crippen molar-refractivity contribution in [2.75, 3.05) is 6.61 Å². The van der Waals surface area contributed by atoms with E-state index in [1.807, 2.05) is 37.3 Å². The van der Waals surface area contributed by atoms with Crippen molar-refractivity contribution in [2.24, 2.45) is 5.92 Å². The second-order valence-corrected chi connectivity index (χ2v) is 4.58. The molecule has 1 aromatic carbocycles. The van der Waals surface area contributed by atoms with Crippen molar-refractivity contribution < 1.29 is 9.53 Å². The third kappa shape index (κ3) is 3.07. The third-order valence-corrected chi connectivity index (χ3v) is 3.15. The van der Waals surface area contributed by atoms with E-state index >= 15 is 0 Å². The molecule has 3 unspecified atom stereocenters. The van der Waals surface area contributed by atoms with E-state index in [0.717, 1.165) is 12.0 Å². The standard InChI is InChI=1S/C14H19NO2/c1-3-17-14(16)13(15-12-9-10(12)2)11-7-5-4-6-8-11/h4-8,10,12-13,15H,3,9H2,1-2H3. The first-order valence-corrected chi connectivity index (χ1v) is 6.20. The van der Waals surface area contributed by atoms with Crippen LogP contribution in [-0.4, -0.2) is 18.6 Å².